The summed E-state index contributed by atoms with van der Waals surface area (Å²) in [7, 11) is 0. The van der Waals surface area contributed by atoms with Crippen LogP contribution in [0.2, 0.25) is 0 Å². The number of imide groups is 1. The van der Waals surface area contributed by atoms with Crippen LogP contribution in [0, 0.1) is 0 Å². The molecule has 3 rings (SSSR count). The minimum absolute atomic E-state index is 0.164. The Labute approximate surface area is 92.2 Å². The summed E-state index contributed by atoms with van der Waals surface area (Å²) in [6, 6.07) is 6.42. The first-order chi connectivity index (χ1) is 7.62. The highest BCUT2D eigenvalue weighted by atomic mass is 16.2. The van der Waals surface area contributed by atoms with Gasteiger partial charge in [-0.05, 0) is 31.0 Å². The minimum Gasteiger partial charge on any atom is -0.399 e. The van der Waals surface area contributed by atoms with E-state index in [2.05, 4.69) is 5.32 Å². The molecule has 0 unspecified atom stereocenters. The maximum Gasteiger partial charge on any atom is 0.329 e. The Kier molecular flexibility index (Phi) is 1.58. The fourth-order valence-corrected chi connectivity index (χ4v) is 1.98. The van der Waals surface area contributed by atoms with E-state index in [0.717, 1.165) is 12.8 Å². The second-order valence-electron chi connectivity index (χ2n) is 4.25. The number of benzene rings is 1. The molecule has 1 saturated heterocycles. The number of nitrogens with one attached hydrogen (secondary N) is 1. The highest BCUT2D eigenvalue weighted by Crippen LogP contribution is 2.42. The van der Waals surface area contributed by atoms with Gasteiger partial charge < -0.3 is 11.1 Å². The second-order valence-corrected chi connectivity index (χ2v) is 4.25. The number of urea groups is 1. The lowest BCUT2D eigenvalue weighted by Gasteiger charge is -2.12. The van der Waals surface area contributed by atoms with Gasteiger partial charge in [0.2, 0.25) is 0 Å². The van der Waals surface area contributed by atoms with Crippen LogP contribution in [-0.4, -0.2) is 17.5 Å². The number of hydrogen-bond acceptors (Lipinski definition) is 3. The van der Waals surface area contributed by atoms with E-state index in [9.17, 15) is 9.59 Å². The number of hydrogen-bond donors (Lipinski definition) is 2. The molecule has 1 aromatic carbocycles. The molecule has 1 spiro atoms. The summed E-state index contributed by atoms with van der Waals surface area (Å²) < 4.78 is 0. The van der Waals surface area contributed by atoms with Gasteiger partial charge >= 0.3 is 6.03 Å². The summed E-state index contributed by atoms with van der Waals surface area (Å²) in [5.41, 5.74) is 6.09. The van der Waals surface area contributed by atoms with Crippen LogP contribution in [0.15, 0.2) is 24.3 Å². The van der Waals surface area contributed by atoms with Crippen molar-refractivity contribution in [2.75, 3.05) is 10.6 Å². The summed E-state index contributed by atoms with van der Waals surface area (Å²) in [5, 5.41) is 2.72. The Morgan fingerprint density at radius 1 is 1.31 bits per heavy atom. The molecule has 82 valence electrons. The van der Waals surface area contributed by atoms with E-state index in [1.165, 1.54) is 4.90 Å². The Balaban J connectivity index is 2.01. The van der Waals surface area contributed by atoms with Crippen molar-refractivity contribution in [3.63, 3.8) is 0 Å². The molecule has 2 aliphatic rings. The molecule has 1 aromatic rings. The smallest absolute Gasteiger partial charge is 0.329 e. The molecule has 1 saturated carbocycles. The van der Waals surface area contributed by atoms with Crippen molar-refractivity contribution in [1.29, 1.82) is 0 Å². The van der Waals surface area contributed by atoms with Gasteiger partial charge in [0.25, 0.3) is 5.91 Å². The maximum absolute atomic E-state index is 12.0. The highest BCUT2D eigenvalue weighted by Gasteiger charge is 2.59. The molecule has 3 N–H and O–H groups in total. The van der Waals surface area contributed by atoms with Crippen LogP contribution in [0.5, 0.6) is 0 Å². The fourth-order valence-electron chi connectivity index (χ4n) is 1.98. The van der Waals surface area contributed by atoms with Crippen molar-refractivity contribution in [3.8, 4) is 0 Å². The average Bonchev–Trinajstić information content (AvgIpc) is 2.94. The number of amides is 3. The molecular formula is C11H11N3O2. The summed E-state index contributed by atoms with van der Waals surface area (Å²) in [5.74, 6) is -0.164. The van der Waals surface area contributed by atoms with Crippen molar-refractivity contribution in [2.24, 2.45) is 0 Å². The number of anilines is 2. The lowest BCUT2D eigenvalue weighted by molar-refractivity contribution is -0.119. The molecule has 5 heteroatoms. The average molecular weight is 217 g/mol. The monoisotopic (exact) mass is 217 g/mol. The van der Waals surface area contributed by atoms with Crippen LogP contribution in [0.4, 0.5) is 16.2 Å². The van der Waals surface area contributed by atoms with E-state index in [0.29, 0.717) is 11.4 Å². The van der Waals surface area contributed by atoms with Crippen molar-refractivity contribution < 1.29 is 9.59 Å². The van der Waals surface area contributed by atoms with Crippen LogP contribution in [0.3, 0.4) is 0 Å². The van der Waals surface area contributed by atoms with E-state index in [-0.39, 0.29) is 11.9 Å². The third-order valence-electron chi connectivity index (χ3n) is 3.04. The molecule has 16 heavy (non-hydrogen) atoms. The van der Waals surface area contributed by atoms with E-state index < -0.39 is 5.54 Å². The first-order valence-electron chi connectivity index (χ1n) is 5.15. The van der Waals surface area contributed by atoms with Crippen molar-refractivity contribution >= 4 is 23.3 Å². The van der Waals surface area contributed by atoms with Crippen LogP contribution >= 0.6 is 0 Å². The molecule has 0 aromatic heterocycles. The molecule has 1 aliphatic carbocycles. The van der Waals surface area contributed by atoms with E-state index >= 15 is 0 Å². The predicted molar refractivity (Wildman–Crippen MR) is 58.8 cm³/mol. The number of nitrogens with zero attached hydrogens (tertiary/aromatic N) is 1. The molecule has 0 radical (unpaired) electrons. The van der Waals surface area contributed by atoms with Gasteiger partial charge in [0.1, 0.15) is 5.54 Å². The number of carbonyl (C=O) groups excluding carboxylic acids is 2. The Hall–Kier alpha value is -2.04. The first kappa shape index (κ1) is 9.21. The second kappa shape index (κ2) is 2.75. The molecular weight excluding hydrogens is 206 g/mol. The zero-order valence-electron chi connectivity index (χ0n) is 8.56. The van der Waals surface area contributed by atoms with Crippen LogP contribution in [0.25, 0.3) is 0 Å². The molecule has 2 fully saturated rings. The maximum atomic E-state index is 12.0. The zero-order chi connectivity index (χ0) is 11.3. The quantitative estimate of drug-likeness (QED) is 0.541. The van der Waals surface area contributed by atoms with Gasteiger partial charge in [0.15, 0.2) is 0 Å². The standard InChI is InChI=1S/C11H11N3O2/c12-7-2-1-3-8(6-7)14-9(15)11(4-5-11)13-10(14)16/h1-3,6H,4-5,12H2,(H,13,16). The van der Waals surface area contributed by atoms with Gasteiger partial charge in [-0.15, -0.1) is 0 Å². The topological polar surface area (TPSA) is 75.4 Å². The van der Waals surface area contributed by atoms with E-state index in [4.69, 9.17) is 5.73 Å². The Bertz CT molecular complexity index is 494. The predicted octanol–water partition coefficient (Wildman–Crippen LogP) is 0.858. The normalized spacial score (nSPS) is 21.4. The van der Waals surface area contributed by atoms with Crippen molar-refractivity contribution in [2.45, 2.75) is 18.4 Å². The lowest BCUT2D eigenvalue weighted by Crippen LogP contribution is -2.32. The molecule has 1 heterocycles. The van der Waals surface area contributed by atoms with Gasteiger partial charge in [-0.3, -0.25) is 4.79 Å². The molecule has 3 amide bonds. The number of nitrogens with two attached hydrogens (primary N) is 1. The minimum atomic E-state index is -0.609. The number of carbonyl (C=O) groups is 2. The van der Waals surface area contributed by atoms with Crippen LogP contribution < -0.4 is 16.0 Å². The summed E-state index contributed by atoms with van der Waals surface area (Å²) in [4.78, 5) is 24.9. The number of rotatable bonds is 1. The molecule has 0 bridgehead atoms. The zero-order valence-corrected chi connectivity index (χ0v) is 8.56. The molecule has 0 atom stereocenters. The fraction of sp³-hybridized carbons (Fsp3) is 0.273. The summed E-state index contributed by atoms with van der Waals surface area (Å²) in [6.45, 7) is 0. The van der Waals surface area contributed by atoms with Crippen LogP contribution in [0.1, 0.15) is 12.8 Å². The van der Waals surface area contributed by atoms with Crippen molar-refractivity contribution in [3.05, 3.63) is 24.3 Å². The SMILES string of the molecule is Nc1cccc(N2C(=O)NC3(CC3)C2=O)c1. The van der Waals surface area contributed by atoms with Gasteiger partial charge in [0.05, 0.1) is 5.69 Å². The third-order valence-corrected chi connectivity index (χ3v) is 3.04. The summed E-state index contributed by atoms with van der Waals surface area (Å²) in [6.07, 6.45) is 1.47. The molecule has 1 aliphatic heterocycles. The largest absolute Gasteiger partial charge is 0.399 e. The first-order valence-corrected chi connectivity index (χ1v) is 5.15. The van der Waals surface area contributed by atoms with Gasteiger partial charge in [-0.1, -0.05) is 6.07 Å². The number of nitrogen functional groups attached to an aromatic ring is 1. The van der Waals surface area contributed by atoms with E-state index in [1.807, 2.05) is 0 Å². The molecule has 5 nitrogen and oxygen atoms in total. The lowest BCUT2D eigenvalue weighted by atomic mass is 10.2. The highest BCUT2D eigenvalue weighted by molar-refractivity contribution is 6.24. The van der Waals surface area contributed by atoms with Crippen molar-refractivity contribution in [1.82, 2.24) is 5.32 Å². The summed E-state index contributed by atoms with van der Waals surface area (Å²) >= 11 is 0. The Morgan fingerprint density at radius 3 is 2.62 bits per heavy atom. The van der Waals surface area contributed by atoms with Gasteiger partial charge in [0, 0.05) is 5.69 Å². The van der Waals surface area contributed by atoms with E-state index in [1.54, 1.807) is 24.3 Å². The third kappa shape index (κ3) is 1.11. The van der Waals surface area contributed by atoms with Gasteiger partial charge in [-0.25, -0.2) is 9.69 Å². The Morgan fingerprint density at radius 2 is 2.06 bits per heavy atom. The van der Waals surface area contributed by atoms with Crippen LogP contribution in [-0.2, 0) is 4.79 Å². The van der Waals surface area contributed by atoms with Gasteiger partial charge in [-0.2, -0.15) is 0 Å².